The normalized spacial score (nSPS) is 29.3. The summed E-state index contributed by atoms with van der Waals surface area (Å²) in [7, 11) is 1.80. The maximum Gasteiger partial charge on any atom is 0.0575 e. The summed E-state index contributed by atoms with van der Waals surface area (Å²) in [5, 5.41) is 6.00. The molecule has 3 rings (SSSR count). The van der Waals surface area contributed by atoms with E-state index in [1.54, 1.807) is 7.11 Å². The van der Waals surface area contributed by atoms with Gasteiger partial charge in [0.2, 0.25) is 0 Å². The average Bonchev–Trinajstić information content (AvgIpc) is 3.33. The lowest BCUT2D eigenvalue weighted by Gasteiger charge is -2.39. The van der Waals surface area contributed by atoms with Crippen LogP contribution in [0.1, 0.15) is 37.8 Å². The summed E-state index contributed by atoms with van der Waals surface area (Å²) in [6.07, 6.45) is 3.99. The molecule has 1 N–H and O–H groups in total. The van der Waals surface area contributed by atoms with E-state index in [2.05, 4.69) is 47.6 Å². The number of benzene rings is 1. The summed E-state index contributed by atoms with van der Waals surface area (Å²) in [6.45, 7) is 4.40. The van der Waals surface area contributed by atoms with Crippen molar-refractivity contribution >= 4 is 0 Å². The van der Waals surface area contributed by atoms with Gasteiger partial charge in [-0.05, 0) is 43.6 Å². The van der Waals surface area contributed by atoms with Crippen LogP contribution in [0.15, 0.2) is 30.3 Å². The van der Waals surface area contributed by atoms with Crippen molar-refractivity contribution in [3.05, 3.63) is 35.9 Å². The quantitative estimate of drug-likeness (QED) is 0.893. The summed E-state index contributed by atoms with van der Waals surface area (Å²) < 4.78 is 0. The minimum Gasteiger partial charge on any atom is -0.307 e. The number of hydrogen-bond acceptors (Lipinski definition) is 3. The van der Waals surface area contributed by atoms with E-state index >= 15 is 0 Å². The first-order valence-electron chi connectivity index (χ1n) is 7.88. The fraction of sp³-hybridized carbons (Fsp3) is 0.647. The molecule has 110 valence electrons. The van der Waals surface area contributed by atoms with Crippen molar-refractivity contribution < 1.29 is 4.84 Å². The Labute approximate surface area is 122 Å². The van der Waals surface area contributed by atoms with Crippen molar-refractivity contribution in [3.8, 4) is 0 Å². The zero-order valence-electron chi connectivity index (χ0n) is 12.6. The summed E-state index contributed by atoms with van der Waals surface area (Å²) in [5.41, 5.74) is 1.39. The molecule has 0 aromatic heterocycles. The van der Waals surface area contributed by atoms with Crippen LogP contribution in [0.3, 0.4) is 0 Å². The van der Waals surface area contributed by atoms with Gasteiger partial charge in [-0.25, -0.2) is 0 Å². The van der Waals surface area contributed by atoms with Crippen LogP contribution in [-0.4, -0.2) is 31.3 Å². The van der Waals surface area contributed by atoms with E-state index in [1.165, 1.54) is 24.8 Å². The van der Waals surface area contributed by atoms with Crippen molar-refractivity contribution in [2.75, 3.05) is 20.2 Å². The summed E-state index contributed by atoms with van der Waals surface area (Å²) in [4.78, 5) is 5.44. The smallest absolute Gasteiger partial charge is 0.0575 e. The van der Waals surface area contributed by atoms with Crippen molar-refractivity contribution in [2.24, 2.45) is 11.8 Å². The maximum absolute atomic E-state index is 5.44. The molecular formula is C17H26N2O. The van der Waals surface area contributed by atoms with Crippen molar-refractivity contribution in [3.63, 3.8) is 0 Å². The van der Waals surface area contributed by atoms with Gasteiger partial charge in [-0.1, -0.05) is 30.3 Å². The van der Waals surface area contributed by atoms with E-state index in [9.17, 15) is 0 Å². The van der Waals surface area contributed by atoms with Crippen LogP contribution >= 0.6 is 0 Å². The van der Waals surface area contributed by atoms with E-state index in [-0.39, 0.29) is 0 Å². The Bertz CT molecular complexity index is 418. The Balaban J connectivity index is 1.63. The van der Waals surface area contributed by atoms with Crippen LogP contribution in [-0.2, 0) is 4.84 Å². The SMILES string of the molecule is CON1CCC(NC(C)c2ccccc2)C(C2CC2)C1. The van der Waals surface area contributed by atoms with Crippen LogP contribution in [0.4, 0.5) is 0 Å². The fourth-order valence-electron chi connectivity index (χ4n) is 3.48. The number of nitrogens with zero attached hydrogens (tertiary/aromatic N) is 1. The topological polar surface area (TPSA) is 24.5 Å². The third kappa shape index (κ3) is 3.22. The third-order valence-corrected chi connectivity index (χ3v) is 4.87. The van der Waals surface area contributed by atoms with Gasteiger partial charge in [0, 0.05) is 25.2 Å². The number of rotatable bonds is 5. The Hall–Kier alpha value is -0.900. The van der Waals surface area contributed by atoms with Gasteiger partial charge in [0.05, 0.1) is 7.11 Å². The zero-order valence-corrected chi connectivity index (χ0v) is 12.6. The lowest BCUT2D eigenvalue weighted by atomic mass is 9.88. The van der Waals surface area contributed by atoms with Gasteiger partial charge in [0.1, 0.15) is 0 Å². The Morgan fingerprint density at radius 2 is 1.95 bits per heavy atom. The molecule has 1 aliphatic heterocycles. The van der Waals surface area contributed by atoms with Gasteiger partial charge in [-0.3, -0.25) is 0 Å². The number of hydrogen-bond donors (Lipinski definition) is 1. The van der Waals surface area contributed by atoms with E-state index in [4.69, 9.17) is 4.84 Å². The Morgan fingerprint density at radius 1 is 1.20 bits per heavy atom. The van der Waals surface area contributed by atoms with Gasteiger partial charge in [-0.2, -0.15) is 5.06 Å². The molecular weight excluding hydrogens is 248 g/mol. The summed E-state index contributed by atoms with van der Waals surface area (Å²) in [6, 6.07) is 11.8. The molecule has 3 unspecified atom stereocenters. The lowest BCUT2D eigenvalue weighted by molar-refractivity contribution is -0.159. The first kappa shape index (κ1) is 14.1. The molecule has 20 heavy (non-hydrogen) atoms. The summed E-state index contributed by atoms with van der Waals surface area (Å²) >= 11 is 0. The molecule has 1 aromatic rings. The largest absolute Gasteiger partial charge is 0.307 e. The summed E-state index contributed by atoms with van der Waals surface area (Å²) in [5.74, 6) is 1.66. The second-order valence-corrected chi connectivity index (χ2v) is 6.27. The molecule has 0 amide bonds. The standard InChI is InChI=1S/C17H26N2O/c1-13(14-6-4-3-5-7-14)18-17-10-11-19(20-2)12-16(17)15-8-9-15/h3-7,13,15-18H,8-12H2,1-2H3. The number of piperidine rings is 1. The molecule has 2 aliphatic rings. The first-order chi connectivity index (χ1) is 9.78. The highest BCUT2D eigenvalue weighted by molar-refractivity contribution is 5.18. The van der Waals surface area contributed by atoms with Gasteiger partial charge >= 0.3 is 0 Å². The van der Waals surface area contributed by atoms with Gasteiger partial charge in [0.25, 0.3) is 0 Å². The second-order valence-electron chi connectivity index (χ2n) is 6.27. The second kappa shape index (κ2) is 6.25. The lowest BCUT2D eigenvalue weighted by Crippen LogP contribution is -2.50. The highest BCUT2D eigenvalue weighted by atomic mass is 16.7. The van der Waals surface area contributed by atoms with E-state index < -0.39 is 0 Å². The van der Waals surface area contributed by atoms with Crippen LogP contribution in [0, 0.1) is 11.8 Å². The number of hydroxylamine groups is 2. The zero-order chi connectivity index (χ0) is 13.9. The molecule has 3 nitrogen and oxygen atoms in total. The molecule has 0 spiro atoms. The van der Waals surface area contributed by atoms with Crippen LogP contribution in [0.25, 0.3) is 0 Å². The molecule has 1 aliphatic carbocycles. The molecule has 1 heterocycles. The Kier molecular flexibility index (Phi) is 4.39. The molecule has 1 saturated heterocycles. The number of nitrogens with one attached hydrogen (secondary N) is 1. The van der Waals surface area contributed by atoms with Crippen LogP contribution < -0.4 is 5.32 Å². The predicted molar refractivity (Wildman–Crippen MR) is 81.2 cm³/mol. The highest BCUT2D eigenvalue weighted by Crippen LogP contribution is 2.41. The molecule has 0 radical (unpaired) electrons. The van der Waals surface area contributed by atoms with Gasteiger partial charge in [0.15, 0.2) is 0 Å². The molecule has 3 heteroatoms. The van der Waals surface area contributed by atoms with Crippen molar-refractivity contribution in [1.82, 2.24) is 10.4 Å². The molecule has 2 fully saturated rings. The minimum atomic E-state index is 0.427. The molecule has 0 bridgehead atoms. The van der Waals surface area contributed by atoms with E-state index in [0.717, 1.165) is 24.9 Å². The van der Waals surface area contributed by atoms with Gasteiger partial charge < -0.3 is 10.2 Å². The Morgan fingerprint density at radius 3 is 2.60 bits per heavy atom. The van der Waals surface area contributed by atoms with Crippen molar-refractivity contribution in [1.29, 1.82) is 0 Å². The molecule has 1 saturated carbocycles. The predicted octanol–water partition coefficient (Wildman–Crippen LogP) is 3.00. The van der Waals surface area contributed by atoms with E-state index in [0.29, 0.717) is 12.1 Å². The van der Waals surface area contributed by atoms with Gasteiger partial charge in [-0.15, -0.1) is 0 Å². The maximum atomic E-state index is 5.44. The van der Waals surface area contributed by atoms with Crippen molar-refractivity contribution in [2.45, 2.75) is 38.3 Å². The highest BCUT2D eigenvalue weighted by Gasteiger charge is 2.40. The van der Waals surface area contributed by atoms with Crippen LogP contribution in [0.2, 0.25) is 0 Å². The fourth-order valence-corrected chi connectivity index (χ4v) is 3.48. The average molecular weight is 274 g/mol. The van der Waals surface area contributed by atoms with E-state index in [1.807, 2.05) is 0 Å². The minimum absolute atomic E-state index is 0.427. The molecule has 3 atom stereocenters. The molecule has 1 aromatic carbocycles. The van der Waals surface area contributed by atoms with Crippen LogP contribution in [0.5, 0.6) is 0 Å². The first-order valence-corrected chi connectivity index (χ1v) is 7.88. The third-order valence-electron chi connectivity index (χ3n) is 4.87. The monoisotopic (exact) mass is 274 g/mol.